The van der Waals surface area contributed by atoms with Gasteiger partial charge in [-0.15, -0.1) is 0 Å². The molecule has 0 fully saturated rings. The molecule has 0 spiro atoms. The molecule has 7 aromatic carbocycles. The standard InChI is InChI=1S/C43H33NO/c1-29-15-9-11-21-34(29)42(31-17-5-3-6-18-31)38-28-41-43(36-23-13-12-22-35(36)38)37-26-25-33(27-40(37)45-41)44(32-19-7-4-8-20-32)39-24-14-10-16-30(39)2/h3-28,42H,1-2H3. The van der Waals surface area contributed by atoms with Crippen molar-refractivity contribution in [1.82, 2.24) is 0 Å². The summed E-state index contributed by atoms with van der Waals surface area (Å²) < 4.78 is 6.82. The zero-order chi connectivity index (χ0) is 30.3. The Bertz CT molecular complexity index is 2300. The first-order valence-electron chi connectivity index (χ1n) is 15.6. The van der Waals surface area contributed by atoms with Crippen molar-refractivity contribution in [2.24, 2.45) is 0 Å². The maximum absolute atomic E-state index is 6.82. The number of hydrogen-bond donors (Lipinski definition) is 0. The quantitative estimate of drug-likeness (QED) is 0.182. The van der Waals surface area contributed by atoms with Crippen LogP contribution in [0, 0.1) is 13.8 Å². The smallest absolute Gasteiger partial charge is 0.137 e. The summed E-state index contributed by atoms with van der Waals surface area (Å²) in [6.07, 6.45) is 0. The summed E-state index contributed by atoms with van der Waals surface area (Å²) in [7, 11) is 0. The van der Waals surface area contributed by atoms with Gasteiger partial charge in [-0.05, 0) is 88.8 Å². The van der Waals surface area contributed by atoms with Crippen molar-refractivity contribution in [1.29, 1.82) is 0 Å². The van der Waals surface area contributed by atoms with Gasteiger partial charge in [-0.25, -0.2) is 0 Å². The summed E-state index contributed by atoms with van der Waals surface area (Å²) in [5, 5.41) is 4.75. The monoisotopic (exact) mass is 579 g/mol. The highest BCUT2D eigenvalue weighted by Gasteiger charge is 2.24. The molecule has 0 aliphatic rings. The molecule has 0 saturated heterocycles. The second kappa shape index (κ2) is 11.2. The fourth-order valence-corrected chi connectivity index (χ4v) is 6.93. The van der Waals surface area contributed by atoms with E-state index in [0.29, 0.717) is 0 Å². The van der Waals surface area contributed by atoms with E-state index in [1.165, 1.54) is 38.6 Å². The number of nitrogens with zero attached hydrogens (tertiary/aromatic N) is 1. The van der Waals surface area contributed by atoms with Crippen molar-refractivity contribution in [2.45, 2.75) is 19.8 Å². The summed E-state index contributed by atoms with van der Waals surface area (Å²) in [6.45, 7) is 4.37. The molecule has 1 heterocycles. The molecule has 0 saturated carbocycles. The Morgan fingerprint density at radius 3 is 1.87 bits per heavy atom. The third-order valence-electron chi connectivity index (χ3n) is 9.07. The second-order valence-corrected chi connectivity index (χ2v) is 11.8. The lowest BCUT2D eigenvalue weighted by Gasteiger charge is -2.26. The summed E-state index contributed by atoms with van der Waals surface area (Å²) in [4.78, 5) is 2.31. The number of fused-ring (bicyclic) bond motifs is 5. The summed E-state index contributed by atoms with van der Waals surface area (Å²) in [5.74, 6) is 0.0695. The minimum Gasteiger partial charge on any atom is -0.456 e. The zero-order valence-electron chi connectivity index (χ0n) is 25.4. The van der Waals surface area contributed by atoms with Crippen molar-refractivity contribution < 1.29 is 4.42 Å². The van der Waals surface area contributed by atoms with Gasteiger partial charge in [0.2, 0.25) is 0 Å². The lowest BCUT2D eigenvalue weighted by atomic mass is 9.80. The van der Waals surface area contributed by atoms with Gasteiger partial charge in [0.15, 0.2) is 0 Å². The van der Waals surface area contributed by atoms with Gasteiger partial charge in [-0.1, -0.05) is 115 Å². The van der Waals surface area contributed by atoms with Crippen LogP contribution in [0.1, 0.15) is 33.7 Å². The maximum Gasteiger partial charge on any atom is 0.137 e. The van der Waals surface area contributed by atoms with Crippen LogP contribution in [0.25, 0.3) is 32.7 Å². The average molecular weight is 580 g/mol. The summed E-state index contributed by atoms with van der Waals surface area (Å²) in [6, 6.07) is 56.4. The van der Waals surface area contributed by atoms with E-state index in [4.69, 9.17) is 4.42 Å². The Hall–Kier alpha value is -5.60. The lowest BCUT2D eigenvalue weighted by molar-refractivity contribution is 0.668. The SMILES string of the molecule is Cc1ccccc1C(c1ccccc1)c1cc2oc3cc(N(c4ccccc4)c4ccccc4C)ccc3c2c2ccccc12. The van der Waals surface area contributed by atoms with Gasteiger partial charge in [-0.2, -0.15) is 0 Å². The highest BCUT2D eigenvalue weighted by Crippen LogP contribution is 2.45. The zero-order valence-corrected chi connectivity index (χ0v) is 25.4. The molecular formula is C43H33NO. The van der Waals surface area contributed by atoms with Gasteiger partial charge < -0.3 is 9.32 Å². The lowest BCUT2D eigenvalue weighted by Crippen LogP contribution is -2.10. The highest BCUT2D eigenvalue weighted by molar-refractivity contribution is 6.20. The van der Waals surface area contributed by atoms with Gasteiger partial charge in [0.1, 0.15) is 11.2 Å². The molecule has 0 bridgehead atoms. The van der Waals surface area contributed by atoms with Crippen LogP contribution in [0.3, 0.4) is 0 Å². The third-order valence-corrected chi connectivity index (χ3v) is 9.07. The van der Waals surface area contributed by atoms with Crippen LogP contribution in [0.5, 0.6) is 0 Å². The molecule has 8 rings (SSSR count). The molecule has 8 aromatic rings. The van der Waals surface area contributed by atoms with E-state index in [-0.39, 0.29) is 5.92 Å². The van der Waals surface area contributed by atoms with Gasteiger partial charge in [-0.3, -0.25) is 0 Å². The molecule has 0 amide bonds. The number of aryl methyl sites for hydroxylation is 2. The summed E-state index contributed by atoms with van der Waals surface area (Å²) >= 11 is 0. The number of hydrogen-bond acceptors (Lipinski definition) is 2. The second-order valence-electron chi connectivity index (χ2n) is 11.8. The molecule has 45 heavy (non-hydrogen) atoms. The van der Waals surface area contributed by atoms with Crippen molar-refractivity contribution >= 4 is 49.8 Å². The molecule has 216 valence electrons. The number of anilines is 3. The average Bonchev–Trinajstić information content (AvgIpc) is 3.46. The first-order valence-corrected chi connectivity index (χ1v) is 15.6. The largest absolute Gasteiger partial charge is 0.456 e. The van der Waals surface area contributed by atoms with Crippen LogP contribution in [-0.2, 0) is 0 Å². The van der Waals surface area contributed by atoms with E-state index in [1.807, 2.05) is 0 Å². The van der Waals surface area contributed by atoms with Crippen LogP contribution in [0.4, 0.5) is 17.1 Å². The molecule has 2 nitrogen and oxygen atoms in total. The first-order chi connectivity index (χ1) is 22.2. The van der Waals surface area contributed by atoms with E-state index >= 15 is 0 Å². The minimum absolute atomic E-state index is 0.0695. The molecule has 1 unspecified atom stereocenters. The minimum atomic E-state index is 0.0695. The molecule has 1 aromatic heterocycles. The molecular weight excluding hydrogens is 546 g/mol. The van der Waals surface area contributed by atoms with Crippen LogP contribution < -0.4 is 4.90 Å². The fraction of sp³-hybridized carbons (Fsp3) is 0.0698. The van der Waals surface area contributed by atoms with E-state index in [0.717, 1.165) is 39.0 Å². The van der Waals surface area contributed by atoms with Gasteiger partial charge in [0, 0.05) is 39.8 Å². The van der Waals surface area contributed by atoms with Crippen molar-refractivity contribution in [3.63, 3.8) is 0 Å². The van der Waals surface area contributed by atoms with Crippen LogP contribution in [0.2, 0.25) is 0 Å². The van der Waals surface area contributed by atoms with E-state index in [1.54, 1.807) is 0 Å². The molecule has 0 N–H and O–H groups in total. The van der Waals surface area contributed by atoms with Crippen LogP contribution in [-0.4, -0.2) is 0 Å². The van der Waals surface area contributed by atoms with Crippen LogP contribution >= 0.6 is 0 Å². The van der Waals surface area contributed by atoms with Crippen molar-refractivity contribution in [3.8, 4) is 0 Å². The Morgan fingerprint density at radius 2 is 1.11 bits per heavy atom. The van der Waals surface area contributed by atoms with Gasteiger partial charge >= 0.3 is 0 Å². The molecule has 0 aliphatic carbocycles. The molecule has 2 heteroatoms. The van der Waals surface area contributed by atoms with Gasteiger partial charge in [0.25, 0.3) is 0 Å². The number of benzene rings is 7. The Morgan fingerprint density at radius 1 is 0.467 bits per heavy atom. The normalized spacial score (nSPS) is 12.1. The van der Waals surface area contributed by atoms with Gasteiger partial charge in [0.05, 0.1) is 0 Å². The number of furan rings is 1. The predicted octanol–water partition coefficient (Wildman–Crippen LogP) is 12.0. The maximum atomic E-state index is 6.82. The van der Waals surface area contributed by atoms with Crippen molar-refractivity contribution in [3.05, 3.63) is 186 Å². The Labute approximate surface area is 263 Å². The third kappa shape index (κ3) is 4.67. The molecule has 1 atom stereocenters. The van der Waals surface area contributed by atoms with E-state index in [2.05, 4.69) is 176 Å². The topological polar surface area (TPSA) is 16.4 Å². The Balaban J connectivity index is 1.37. The fourth-order valence-electron chi connectivity index (χ4n) is 6.93. The van der Waals surface area contributed by atoms with E-state index in [9.17, 15) is 0 Å². The number of para-hydroxylation sites is 2. The van der Waals surface area contributed by atoms with E-state index < -0.39 is 0 Å². The number of rotatable bonds is 6. The van der Waals surface area contributed by atoms with Crippen molar-refractivity contribution in [2.75, 3.05) is 4.90 Å². The summed E-state index contributed by atoms with van der Waals surface area (Å²) in [5.41, 5.74) is 11.4. The molecule has 0 radical (unpaired) electrons. The molecule has 0 aliphatic heterocycles. The first kappa shape index (κ1) is 27.0. The predicted molar refractivity (Wildman–Crippen MR) is 189 cm³/mol. The van der Waals surface area contributed by atoms with Crippen LogP contribution in [0.15, 0.2) is 162 Å². The highest BCUT2D eigenvalue weighted by atomic mass is 16.3. The Kier molecular flexibility index (Phi) is 6.69.